The molecule has 1 aromatic carbocycles. The van der Waals surface area contributed by atoms with E-state index < -0.39 is 23.8 Å². The van der Waals surface area contributed by atoms with Gasteiger partial charge in [-0.2, -0.15) is 0 Å². The van der Waals surface area contributed by atoms with Crippen LogP contribution < -0.4 is 20.1 Å². The molecule has 0 saturated heterocycles. The van der Waals surface area contributed by atoms with Gasteiger partial charge in [0.15, 0.2) is 11.5 Å². The van der Waals surface area contributed by atoms with Crippen LogP contribution in [0.3, 0.4) is 0 Å². The molecule has 8 nitrogen and oxygen atoms in total. The molecule has 1 aromatic rings. The van der Waals surface area contributed by atoms with E-state index in [4.69, 9.17) is 9.47 Å². The zero-order chi connectivity index (χ0) is 18.4. The van der Waals surface area contributed by atoms with Crippen molar-refractivity contribution in [2.75, 3.05) is 20.4 Å². The van der Waals surface area contributed by atoms with Crippen LogP contribution in [0, 0.1) is 5.92 Å². The molecule has 0 radical (unpaired) electrons. The van der Waals surface area contributed by atoms with Gasteiger partial charge in [-0.1, -0.05) is 13.8 Å². The summed E-state index contributed by atoms with van der Waals surface area (Å²) in [4.78, 5) is 35.8. The molecule has 0 bridgehead atoms. The molecule has 1 aliphatic heterocycles. The Kier molecular flexibility index (Phi) is 6.21. The number of hydrogen-bond acceptors (Lipinski definition) is 6. The van der Waals surface area contributed by atoms with Crippen molar-refractivity contribution in [1.29, 1.82) is 0 Å². The van der Waals surface area contributed by atoms with Gasteiger partial charge in [0.25, 0.3) is 5.91 Å². The fraction of sp³-hybridized carbons (Fsp3) is 0.471. The van der Waals surface area contributed by atoms with E-state index in [1.165, 1.54) is 7.11 Å². The third-order valence-electron chi connectivity index (χ3n) is 3.57. The Morgan fingerprint density at radius 2 is 1.92 bits per heavy atom. The summed E-state index contributed by atoms with van der Waals surface area (Å²) in [6, 6.07) is 4.02. The third kappa shape index (κ3) is 5.10. The lowest BCUT2D eigenvalue weighted by Crippen LogP contribution is -2.46. The first-order valence-corrected chi connectivity index (χ1v) is 7.95. The molecular weight excluding hydrogens is 328 g/mol. The number of methoxy groups -OCH3 is 1. The van der Waals surface area contributed by atoms with E-state index in [0.717, 1.165) is 0 Å². The highest BCUT2D eigenvalue weighted by Crippen LogP contribution is 2.32. The molecule has 8 heteroatoms. The van der Waals surface area contributed by atoms with Crippen molar-refractivity contribution in [3.05, 3.63) is 23.8 Å². The van der Waals surface area contributed by atoms with Crippen LogP contribution in [-0.4, -0.2) is 44.3 Å². The van der Waals surface area contributed by atoms with Crippen molar-refractivity contribution in [1.82, 2.24) is 10.6 Å². The molecule has 2 amide bonds. The monoisotopic (exact) mass is 350 g/mol. The maximum absolute atomic E-state index is 12.1. The average Bonchev–Trinajstić information content (AvgIpc) is 3.05. The third-order valence-corrected chi connectivity index (χ3v) is 3.57. The summed E-state index contributed by atoms with van der Waals surface area (Å²) < 4.78 is 15.1. The number of carbonyl (C=O) groups excluding carboxylic acids is 3. The topological polar surface area (TPSA) is 103 Å². The van der Waals surface area contributed by atoms with Crippen molar-refractivity contribution in [3.8, 4) is 11.5 Å². The van der Waals surface area contributed by atoms with E-state index in [0.29, 0.717) is 23.5 Å². The van der Waals surface area contributed by atoms with E-state index in [9.17, 15) is 14.4 Å². The van der Waals surface area contributed by atoms with Crippen molar-refractivity contribution >= 4 is 17.8 Å². The Morgan fingerprint density at radius 3 is 2.60 bits per heavy atom. The Balaban J connectivity index is 1.87. The van der Waals surface area contributed by atoms with Crippen LogP contribution in [0.1, 0.15) is 30.6 Å². The Morgan fingerprint density at radius 1 is 1.20 bits per heavy atom. The van der Waals surface area contributed by atoms with Gasteiger partial charge in [-0.25, -0.2) is 4.79 Å². The van der Waals surface area contributed by atoms with Gasteiger partial charge in [-0.15, -0.1) is 0 Å². The predicted octanol–water partition coefficient (Wildman–Crippen LogP) is 0.849. The SMILES string of the molecule is COC(=O)[C@H](CC(C)C)NC(=O)CNC(=O)c1ccc2c(c1)OCO2. The summed E-state index contributed by atoms with van der Waals surface area (Å²) in [7, 11) is 1.27. The number of esters is 1. The molecule has 2 N–H and O–H groups in total. The van der Waals surface area contributed by atoms with Crippen LogP contribution in [0.5, 0.6) is 11.5 Å². The molecule has 0 fully saturated rings. The second-order valence-electron chi connectivity index (χ2n) is 6.02. The van der Waals surface area contributed by atoms with E-state index >= 15 is 0 Å². The number of amides is 2. The van der Waals surface area contributed by atoms with Crippen LogP contribution in [0.4, 0.5) is 0 Å². The Bertz CT molecular complexity index is 659. The fourth-order valence-corrected chi connectivity index (χ4v) is 2.37. The van der Waals surface area contributed by atoms with Crippen molar-refractivity contribution in [2.45, 2.75) is 26.3 Å². The average molecular weight is 350 g/mol. The van der Waals surface area contributed by atoms with Crippen LogP contribution >= 0.6 is 0 Å². The summed E-state index contributed by atoms with van der Waals surface area (Å²) >= 11 is 0. The molecular formula is C17H22N2O6. The maximum Gasteiger partial charge on any atom is 0.328 e. The maximum atomic E-state index is 12.1. The van der Waals surface area contributed by atoms with E-state index in [2.05, 4.69) is 15.4 Å². The smallest absolute Gasteiger partial charge is 0.328 e. The highest BCUT2D eigenvalue weighted by Gasteiger charge is 2.23. The lowest BCUT2D eigenvalue weighted by atomic mass is 10.0. The van der Waals surface area contributed by atoms with Gasteiger partial charge in [0.2, 0.25) is 12.7 Å². The van der Waals surface area contributed by atoms with Crippen LogP contribution in [0.15, 0.2) is 18.2 Å². The zero-order valence-electron chi connectivity index (χ0n) is 14.5. The summed E-state index contributed by atoms with van der Waals surface area (Å²) in [5, 5.41) is 5.08. The van der Waals surface area contributed by atoms with Gasteiger partial charge in [0.1, 0.15) is 6.04 Å². The number of carbonyl (C=O) groups is 3. The lowest BCUT2D eigenvalue weighted by Gasteiger charge is -2.18. The van der Waals surface area contributed by atoms with Gasteiger partial charge in [0, 0.05) is 5.56 Å². The predicted molar refractivity (Wildman–Crippen MR) is 88.3 cm³/mol. The molecule has 0 aromatic heterocycles. The fourth-order valence-electron chi connectivity index (χ4n) is 2.37. The number of hydrogen-bond donors (Lipinski definition) is 2. The molecule has 1 atom stereocenters. The van der Waals surface area contributed by atoms with Gasteiger partial charge in [-0.05, 0) is 30.5 Å². The number of fused-ring (bicyclic) bond motifs is 1. The van der Waals surface area contributed by atoms with Gasteiger partial charge in [0.05, 0.1) is 13.7 Å². The van der Waals surface area contributed by atoms with E-state index in [1.54, 1.807) is 18.2 Å². The molecule has 0 unspecified atom stereocenters. The van der Waals surface area contributed by atoms with Crippen LogP contribution in [0.2, 0.25) is 0 Å². The molecule has 1 heterocycles. The van der Waals surface area contributed by atoms with E-state index in [1.807, 2.05) is 13.8 Å². The molecule has 1 aliphatic rings. The minimum atomic E-state index is -0.736. The quantitative estimate of drug-likeness (QED) is 0.707. The Labute approximate surface area is 145 Å². The second-order valence-corrected chi connectivity index (χ2v) is 6.02. The highest BCUT2D eigenvalue weighted by molar-refractivity contribution is 5.97. The minimum absolute atomic E-state index is 0.119. The second kappa shape index (κ2) is 8.36. The number of rotatable bonds is 7. The normalized spacial score (nSPS) is 13.3. The molecule has 0 spiro atoms. The molecule has 2 rings (SSSR count). The molecule has 0 aliphatic carbocycles. The van der Waals surface area contributed by atoms with E-state index in [-0.39, 0.29) is 19.3 Å². The Hall–Kier alpha value is -2.77. The number of benzene rings is 1. The minimum Gasteiger partial charge on any atom is -0.467 e. The summed E-state index contributed by atoms with van der Waals surface area (Å²) in [6.45, 7) is 3.74. The number of ether oxygens (including phenoxy) is 3. The largest absolute Gasteiger partial charge is 0.467 e. The number of nitrogens with one attached hydrogen (secondary N) is 2. The molecule has 136 valence electrons. The van der Waals surface area contributed by atoms with Crippen molar-refractivity contribution < 1.29 is 28.6 Å². The van der Waals surface area contributed by atoms with Crippen LogP contribution in [-0.2, 0) is 14.3 Å². The first kappa shape index (κ1) is 18.6. The van der Waals surface area contributed by atoms with Gasteiger partial charge < -0.3 is 24.8 Å². The molecule has 25 heavy (non-hydrogen) atoms. The van der Waals surface area contributed by atoms with Crippen molar-refractivity contribution in [3.63, 3.8) is 0 Å². The van der Waals surface area contributed by atoms with Gasteiger partial charge >= 0.3 is 5.97 Å². The lowest BCUT2D eigenvalue weighted by molar-refractivity contribution is -0.145. The standard InChI is InChI=1S/C17H22N2O6/c1-10(2)6-12(17(22)23-3)19-15(20)8-18-16(21)11-4-5-13-14(7-11)25-9-24-13/h4-5,7,10,12H,6,8-9H2,1-3H3,(H,18,21)(H,19,20)/t12-/m0/s1. The first-order valence-electron chi connectivity index (χ1n) is 7.95. The first-order chi connectivity index (χ1) is 11.9. The zero-order valence-corrected chi connectivity index (χ0v) is 14.5. The summed E-state index contributed by atoms with van der Waals surface area (Å²) in [6.07, 6.45) is 0.453. The van der Waals surface area contributed by atoms with Crippen molar-refractivity contribution in [2.24, 2.45) is 5.92 Å². The highest BCUT2D eigenvalue weighted by atomic mass is 16.7. The summed E-state index contributed by atoms with van der Waals surface area (Å²) in [5.74, 6) is -0.141. The molecule has 0 saturated carbocycles. The van der Waals surface area contributed by atoms with Gasteiger partial charge in [-0.3, -0.25) is 9.59 Å². The van der Waals surface area contributed by atoms with Crippen LogP contribution in [0.25, 0.3) is 0 Å². The summed E-state index contributed by atoms with van der Waals surface area (Å²) in [5.41, 5.74) is 0.351.